The van der Waals surface area contributed by atoms with Gasteiger partial charge in [0.05, 0.1) is 20.8 Å². The van der Waals surface area contributed by atoms with Crippen LogP contribution < -0.4 is 10.5 Å². The van der Waals surface area contributed by atoms with Crippen LogP contribution in [0.3, 0.4) is 0 Å². The van der Waals surface area contributed by atoms with Crippen molar-refractivity contribution in [3.05, 3.63) is 49.7 Å². The van der Waals surface area contributed by atoms with Gasteiger partial charge in [-0.15, -0.1) is 0 Å². The first kappa shape index (κ1) is 15.5. The molecule has 21 heavy (non-hydrogen) atoms. The van der Waals surface area contributed by atoms with Crippen molar-refractivity contribution in [1.29, 1.82) is 0 Å². The maximum atomic E-state index is 11.1. The fourth-order valence-corrected chi connectivity index (χ4v) is 2.39. The zero-order valence-corrected chi connectivity index (χ0v) is 13.3. The van der Waals surface area contributed by atoms with Gasteiger partial charge in [-0.25, -0.2) is 0 Å². The smallest absolute Gasteiger partial charge is 0.311 e. The average Bonchev–Trinajstić information content (AvgIpc) is 2.70. The van der Waals surface area contributed by atoms with Gasteiger partial charge < -0.3 is 10.5 Å². The maximum Gasteiger partial charge on any atom is 0.311 e. The molecule has 0 aliphatic heterocycles. The highest BCUT2D eigenvalue weighted by atomic mass is 79.9. The SMILES string of the molecule is Cc1nn(C)c(COc2ccc(CN)cc2[N+](=O)[O-])c1Br. The minimum atomic E-state index is -0.474. The lowest BCUT2D eigenvalue weighted by molar-refractivity contribution is -0.386. The Morgan fingerprint density at radius 1 is 1.52 bits per heavy atom. The Labute approximate surface area is 130 Å². The minimum absolute atomic E-state index is 0.0898. The summed E-state index contributed by atoms with van der Waals surface area (Å²) in [4.78, 5) is 10.6. The summed E-state index contributed by atoms with van der Waals surface area (Å²) in [5.74, 6) is 0.211. The normalized spacial score (nSPS) is 10.7. The molecule has 2 N–H and O–H groups in total. The van der Waals surface area contributed by atoms with Crippen molar-refractivity contribution < 1.29 is 9.66 Å². The molecule has 0 radical (unpaired) electrons. The summed E-state index contributed by atoms with van der Waals surface area (Å²) in [6.07, 6.45) is 0. The van der Waals surface area contributed by atoms with Crippen LogP contribution in [0.15, 0.2) is 22.7 Å². The Morgan fingerprint density at radius 3 is 2.76 bits per heavy atom. The summed E-state index contributed by atoms with van der Waals surface area (Å²) in [6, 6.07) is 4.71. The highest BCUT2D eigenvalue weighted by molar-refractivity contribution is 9.10. The zero-order chi connectivity index (χ0) is 15.6. The lowest BCUT2D eigenvalue weighted by Crippen LogP contribution is -2.06. The topological polar surface area (TPSA) is 96.2 Å². The van der Waals surface area contributed by atoms with Gasteiger partial charge in [0.25, 0.3) is 0 Å². The second-order valence-electron chi connectivity index (χ2n) is 4.52. The highest BCUT2D eigenvalue weighted by Gasteiger charge is 2.18. The molecular formula is C13H15BrN4O3. The van der Waals surface area contributed by atoms with Gasteiger partial charge in [-0.3, -0.25) is 14.8 Å². The van der Waals surface area contributed by atoms with E-state index in [0.29, 0.717) is 5.56 Å². The maximum absolute atomic E-state index is 11.1. The lowest BCUT2D eigenvalue weighted by Gasteiger charge is -2.08. The Morgan fingerprint density at radius 2 is 2.24 bits per heavy atom. The number of aromatic nitrogens is 2. The first-order valence-electron chi connectivity index (χ1n) is 6.22. The van der Waals surface area contributed by atoms with Gasteiger partial charge in [0, 0.05) is 19.7 Å². The number of rotatable bonds is 5. The Hall–Kier alpha value is -1.93. The molecule has 7 nitrogen and oxygen atoms in total. The number of hydrogen-bond acceptors (Lipinski definition) is 5. The van der Waals surface area contributed by atoms with Crippen molar-refractivity contribution in [2.24, 2.45) is 12.8 Å². The number of halogens is 1. The van der Waals surface area contributed by atoms with Crippen LogP contribution in [0, 0.1) is 17.0 Å². The van der Waals surface area contributed by atoms with Crippen molar-refractivity contribution in [2.75, 3.05) is 0 Å². The van der Waals surface area contributed by atoms with Gasteiger partial charge in [0.15, 0.2) is 5.75 Å². The molecule has 1 aromatic heterocycles. The summed E-state index contributed by atoms with van der Waals surface area (Å²) in [5.41, 5.74) is 7.74. The van der Waals surface area contributed by atoms with Gasteiger partial charge in [0.1, 0.15) is 6.61 Å². The van der Waals surface area contributed by atoms with Crippen LogP contribution in [0.25, 0.3) is 0 Å². The van der Waals surface area contributed by atoms with E-state index in [1.165, 1.54) is 6.07 Å². The quantitative estimate of drug-likeness (QED) is 0.656. The van der Waals surface area contributed by atoms with Crippen molar-refractivity contribution >= 4 is 21.6 Å². The third kappa shape index (κ3) is 3.22. The molecular weight excluding hydrogens is 340 g/mol. The molecule has 0 saturated carbocycles. The molecule has 112 valence electrons. The number of nitro groups is 1. The fourth-order valence-electron chi connectivity index (χ4n) is 1.94. The third-order valence-corrected chi connectivity index (χ3v) is 4.11. The van der Waals surface area contributed by atoms with Crippen LogP contribution in [-0.2, 0) is 20.2 Å². The fraction of sp³-hybridized carbons (Fsp3) is 0.308. The van der Waals surface area contributed by atoms with Crippen molar-refractivity contribution in [2.45, 2.75) is 20.1 Å². The zero-order valence-electron chi connectivity index (χ0n) is 11.7. The van der Waals surface area contributed by atoms with Crippen LogP contribution in [0.4, 0.5) is 5.69 Å². The first-order chi connectivity index (χ1) is 9.93. The molecule has 2 rings (SSSR count). The molecule has 0 fully saturated rings. The number of ether oxygens (including phenoxy) is 1. The number of nitrogens with two attached hydrogens (primary N) is 1. The van der Waals surface area contributed by atoms with Gasteiger partial charge in [0.2, 0.25) is 0 Å². The molecule has 1 heterocycles. The molecule has 0 saturated heterocycles. The summed E-state index contributed by atoms with van der Waals surface area (Å²) in [5, 5.41) is 15.3. The molecule has 8 heteroatoms. The third-order valence-electron chi connectivity index (χ3n) is 3.08. The Kier molecular flexibility index (Phi) is 4.59. The summed E-state index contributed by atoms with van der Waals surface area (Å²) in [6.45, 7) is 2.29. The van der Waals surface area contributed by atoms with E-state index in [-0.39, 0.29) is 24.6 Å². The van der Waals surface area contributed by atoms with Crippen LogP contribution in [0.2, 0.25) is 0 Å². The number of nitrogens with zero attached hydrogens (tertiary/aromatic N) is 3. The lowest BCUT2D eigenvalue weighted by atomic mass is 10.2. The van der Waals surface area contributed by atoms with Crippen LogP contribution in [0.1, 0.15) is 17.0 Å². The van der Waals surface area contributed by atoms with Gasteiger partial charge >= 0.3 is 5.69 Å². The van der Waals surface area contributed by atoms with Crippen molar-refractivity contribution in [1.82, 2.24) is 9.78 Å². The van der Waals surface area contributed by atoms with Crippen molar-refractivity contribution in [3.8, 4) is 5.75 Å². The minimum Gasteiger partial charge on any atom is -0.480 e. The average molecular weight is 355 g/mol. The van der Waals surface area contributed by atoms with E-state index in [4.69, 9.17) is 10.5 Å². The van der Waals surface area contributed by atoms with E-state index in [9.17, 15) is 10.1 Å². The van der Waals surface area contributed by atoms with Crippen LogP contribution in [0.5, 0.6) is 5.75 Å². The standard InChI is InChI=1S/C13H15BrN4O3/c1-8-13(14)11(17(2)16-8)7-21-12-4-3-9(6-15)5-10(12)18(19)20/h3-5H,6-7,15H2,1-2H3. The van der Waals surface area contributed by atoms with Gasteiger partial charge in [-0.2, -0.15) is 5.10 Å². The second kappa shape index (κ2) is 6.23. The van der Waals surface area contributed by atoms with Crippen molar-refractivity contribution in [3.63, 3.8) is 0 Å². The largest absolute Gasteiger partial charge is 0.480 e. The molecule has 0 spiro atoms. The molecule has 0 amide bonds. The molecule has 0 aliphatic carbocycles. The molecule has 1 aromatic carbocycles. The molecule has 2 aromatic rings. The predicted molar refractivity (Wildman–Crippen MR) is 81.0 cm³/mol. The number of nitro benzene ring substituents is 1. The Bertz CT molecular complexity index is 684. The molecule has 0 atom stereocenters. The molecule has 0 unspecified atom stereocenters. The molecule has 0 bridgehead atoms. The monoisotopic (exact) mass is 354 g/mol. The number of benzene rings is 1. The molecule has 0 aliphatic rings. The van der Waals surface area contributed by atoms with Gasteiger partial charge in [-0.05, 0) is 34.5 Å². The first-order valence-corrected chi connectivity index (χ1v) is 7.01. The van der Waals surface area contributed by atoms with Gasteiger partial charge in [-0.1, -0.05) is 6.07 Å². The predicted octanol–water partition coefficient (Wildman–Crippen LogP) is 2.44. The summed E-state index contributed by atoms with van der Waals surface area (Å²) < 4.78 is 8.10. The summed E-state index contributed by atoms with van der Waals surface area (Å²) >= 11 is 3.43. The van der Waals surface area contributed by atoms with E-state index in [1.54, 1.807) is 23.9 Å². The van der Waals surface area contributed by atoms with E-state index in [2.05, 4.69) is 21.0 Å². The Balaban J connectivity index is 2.25. The number of hydrogen-bond donors (Lipinski definition) is 1. The van der Waals surface area contributed by atoms with E-state index in [1.807, 2.05) is 6.92 Å². The number of aryl methyl sites for hydroxylation is 2. The second-order valence-corrected chi connectivity index (χ2v) is 5.31. The van der Waals surface area contributed by atoms with E-state index < -0.39 is 4.92 Å². The van der Waals surface area contributed by atoms with Crippen LogP contribution in [-0.4, -0.2) is 14.7 Å². The summed E-state index contributed by atoms with van der Waals surface area (Å²) in [7, 11) is 1.79. The van der Waals surface area contributed by atoms with E-state index in [0.717, 1.165) is 15.9 Å². The van der Waals surface area contributed by atoms with E-state index >= 15 is 0 Å². The highest BCUT2D eigenvalue weighted by Crippen LogP contribution is 2.29. The van der Waals surface area contributed by atoms with Crippen LogP contribution >= 0.6 is 15.9 Å².